The van der Waals surface area contributed by atoms with E-state index in [0.717, 1.165) is 18.6 Å². The van der Waals surface area contributed by atoms with Gasteiger partial charge in [0.1, 0.15) is 5.71 Å². The van der Waals surface area contributed by atoms with Crippen LogP contribution >= 0.6 is 0 Å². The minimum atomic E-state index is 1.04. The molecule has 0 aromatic heterocycles. The van der Waals surface area contributed by atoms with Crippen LogP contribution in [0.15, 0.2) is 35.4 Å². The highest BCUT2D eigenvalue weighted by molar-refractivity contribution is 6.27. The molecule has 0 fully saturated rings. The van der Waals surface area contributed by atoms with Crippen molar-refractivity contribution in [1.82, 2.24) is 5.10 Å². The van der Waals surface area contributed by atoms with Crippen molar-refractivity contribution >= 4 is 17.5 Å². The first-order valence-corrected chi connectivity index (χ1v) is 5.34. The fraction of sp³-hybridized carbons (Fsp3) is 0.231. The van der Waals surface area contributed by atoms with Crippen molar-refractivity contribution in [2.45, 2.75) is 19.3 Å². The lowest BCUT2D eigenvalue weighted by molar-refractivity contribution is 0.869. The number of benzene rings is 1. The van der Waals surface area contributed by atoms with Gasteiger partial charge >= 0.3 is 0 Å². The summed E-state index contributed by atoms with van der Waals surface area (Å²) in [5.74, 6) is 0. The standard InChI is InChI=1S/C13H12N2/c1-2-6-11-10(4-1)5-3-7-13-12(11)8-9-14-15-13/h1-2,4,6,8-9H,3,5,7H2/q+1. The minimum Gasteiger partial charge on any atom is -0.0620 e. The van der Waals surface area contributed by atoms with Crippen LogP contribution in [-0.4, -0.2) is 11.9 Å². The number of fused-ring (bicyclic) bond motifs is 3. The molecule has 73 valence electrons. The summed E-state index contributed by atoms with van der Waals surface area (Å²) < 4.78 is 0. The predicted molar refractivity (Wildman–Crippen MR) is 63.0 cm³/mol. The fourth-order valence-corrected chi connectivity index (χ4v) is 2.24. The minimum absolute atomic E-state index is 1.04. The summed E-state index contributed by atoms with van der Waals surface area (Å²) in [5, 5.41) is 8.19. The van der Waals surface area contributed by atoms with Crippen LogP contribution in [-0.2, 0) is 6.42 Å². The quantitative estimate of drug-likeness (QED) is 0.608. The van der Waals surface area contributed by atoms with Crippen molar-refractivity contribution in [1.29, 1.82) is 0 Å². The zero-order valence-corrected chi connectivity index (χ0v) is 8.48. The molecular weight excluding hydrogens is 184 g/mol. The third kappa shape index (κ3) is 1.42. The van der Waals surface area contributed by atoms with E-state index < -0.39 is 0 Å². The van der Waals surface area contributed by atoms with Crippen LogP contribution in [0.3, 0.4) is 0 Å². The van der Waals surface area contributed by atoms with Crippen molar-refractivity contribution in [3.05, 3.63) is 41.5 Å². The number of allylic oxidation sites excluding steroid dienone is 2. The van der Waals surface area contributed by atoms with E-state index in [1.165, 1.54) is 23.1 Å². The summed E-state index contributed by atoms with van der Waals surface area (Å²) in [6.07, 6.45) is 7.21. The molecule has 2 aliphatic rings. The average molecular weight is 196 g/mol. The monoisotopic (exact) mass is 196 g/mol. The summed E-state index contributed by atoms with van der Waals surface area (Å²) in [7, 11) is 0. The van der Waals surface area contributed by atoms with Gasteiger partial charge < -0.3 is 0 Å². The van der Waals surface area contributed by atoms with Gasteiger partial charge in [-0.3, -0.25) is 0 Å². The Balaban J connectivity index is 2.21. The van der Waals surface area contributed by atoms with Gasteiger partial charge in [-0.25, -0.2) is 0 Å². The zero-order valence-electron chi connectivity index (χ0n) is 8.48. The molecule has 0 unspecified atom stereocenters. The second-order valence-corrected chi connectivity index (χ2v) is 3.90. The van der Waals surface area contributed by atoms with Crippen molar-refractivity contribution in [3.63, 3.8) is 0 Å². The maximum Gasteiger partial charge on any atom is 0.278 e. The Morgan fingerprint density at radius 1 is 1.13 bits per heavy atom. The molecule has 0 bridgehead atoms. The molecule has 1 aliphatic heterocycles. The Kier molecular flexibility index (Phi) is 1.98. The topological polar surface area (TPSA) is 26.5 Å². The number of hydrogen-bond acceptors (Lipinski definition) is 2. The molecule has 1 aromatic rings. The van der Waals surface area contributed by atoms with Gasteiger partial charge in [-0.05, 0) is 30.4 Å². The first-order valence-electron chi connectivity index (χ1n) is 5.34. The van der Waals surface area contributed by atoms with Gasteiger partial charge in [-0.15, -0.1) is 0 Å². The number of aryl methyl sites for hydroxylation is 1. The maximum absolute atomic E-state index is 4.23. The summed E-state index contributed by atoms with van der Waals surface area (Å²) in [4.78, 5) is 0. The summed E-state index contributed by atoms with van der Waals surface area (Å²) in [6, 6.07) is 8.60. The Hall–Kier alpha value is -1.70. The molecular formula is C13H12N2+. The van der Waals surface area contributed by atoms with Gasteiger partial charge in [0, 0.05) is 11.6 Å². The number of rotatable bonds is 0. The molecule has 1 radical (unpaired) electrons. The molecule has 0 N–H and O–H groups in total. The first-order chi connectivity index (χ1) is 7.45. The van der Waals surface area contributed by atoms with E-state index in [1.54, 1.807) is 6.21 Å². The Morgan fingerprint density at radius 3 is 3.07 bits per heavy atom. The lowest BCUT2D eigenvalue weighted by atomic mass is 9.97. The number of nitrogens with zero attached hydrogens (tertiary/aromatic N) is 2. The fourth-order valence-electron chi connectivity index (χ4n) is 2.24. The molecule has 1 aliphatic carbocycles. The van der Waals surface area contributed by atoms with Crippen LogP contribution in [0.5, 0.6) is 0 Å². The van der Waals surface area contributed by atoms with E-state index in [4.69, 9.17) is 0 Å². The van der Waals surface area contributed by atoms with Crippen molar-refractivity contribution in [3.8, 4) is 0 Å². The molecule has 1 heterocycles. The van der Waals surface area contributed by atoms with Crippen LogP contribution in [0, 0.1) is 0 Å². The first kappa shape index (κ1) is 8.60. The van der Waals surface area contributed by atoms with E-state index in [1.807, 2.05) is 0 Å². The van der Waals surface area contributed by atoms with Gasteiger partial charge in [0.25, 0.3) is 6.21 Å². The van der Waals surface area contributed by atoms with Crippen LogP contribution in [0.25, 0.3) is 5.57 Å². The molecule has 0 atom stereocenters. The second-order valence-electron chi connectivity index (χ2n) is 3.90. The molecule has 2 heteroatoms. The van der Waals surface area contributed by atoms with E-state index in [-0.39, 0.29) is 0 Å². The third-order valence-electron chi connectivity index (χ3n) is 2.96. The van der Waals surface area contributed by atoms with Gasteiger partial charge in [0.15, 0.2) is 0 Å². The molecule has 15 heavy (non-hydrogen) atoms. The lowest BCUT2D eigenvalue weighted by Gasteiger charge is -2.07. The van der Waals surface area contributed by atoms with Gasteiger partial charge in [0.2, 0.25) is 5.10 Å². The molecule has 0 spiro atoms. The van der Waals surface area contributed by atoms with E-state index in [9.17, 15) is 0 Å². The average Bonchev–Trinajstić information content (AvgIpc) is 2.48. The van der Waals surface area contributed by atoms with Crippen LogP contribution < -0.4 is 5.10 Å². The van der Waals surface area contributed by atoms with Gasteiger partial charge in [-0.1, -0.05) is 24.3 Å². The summed E-state index contributed by atoms with van der Waals surface area (Å²) in [5.41, 5.74) is 5.17. The normalized spacial score (nSPS) is 18.4. The molecule has 0 saturated carbocycles. The zero-order chi connectivity index (χ0) is 10.1. The molecule has 2 nitrogen and oxygen atoms in total. The smallest absolute Gasteiger partial charge is 0.0620 e. The van der Waals surface area contributed by atoms with Crippen molar-refractivity contribution in [2.75, 3.05) is 0 Å². The Morgan fingerprint density at radius 2 is 2.07 bits per heavy atom. The highest BCUT2D eigenvalue weighted by Crippen LogP contribution is 2.28. The largest absolute Gasteiger partial charge is 0.278 e. The van der Waals surface area contributed by atoms with E-state index in [0.29, 0.717) is 0 Å². The summed E-state index contributed by atoms with van der Waals surface area (Å²) in [6.45, 7) is 0. The molecule has 3 rings (SSSR count). The van der Waals surface area contributed by atoms with Crippen LogP contribution in [0.1, 0.15) is 24.0 Å². The maximum atomic E-state index is 4.23. The summed E-state index contributed by atoms with van der Waals surface area (Å²) >= 11 is 0. The van der Waals surface area contributed by atoms with Gasteiger partial charge in [0.05, 0.1) is 5.10 Å². The van der Waals surface area contributed by atoms with Crippen LogP contribution in [0.2, 0.25) is 0 Å². The second kappa shape index (κ2) is 3.46. The van der Waals surface area contributed by atoms with E-state index >= 15 is 0 Å². The Bertz CT molecular complexity index is 481. The van der Waals surface area contributed by atoms with Gasteiger partial charge in [-0.2, -0.15) is 0 Å². The highest BCUT2D eigenvalue weighted by atomic mass is 15.2. The predicted octanol–water partition coefficient (Wildman–Crippen LogP) is 2.18. The number of hydrogen-bond donors (Lipinski definition) is 0. The third-order valence-corrected chi connectivity index (χ3v) is 2.96. The van der Waals surface area contributed by atoms with E-state index in [2.05, 4.69) is 40.5 Å². The lowest BCUT2D eigenvalue weighted by Crippen LogP contribution is -2.07. The molecule has 1 aromatic carbocycles. The van der Waals surface area contributed by atoms with Crippen LogP contribution in [0.4, 0.5) is 0 Å². The van der Waals surface area contributed by atoms with Crippen molar-refractivity contribution < 1.29 is 0 Å². The highest BCUT2D eigenvalue weighted by Gasteiger charge is 2.21. The Labute approximate surface area is 89.0 Å². The van der Waals surface area contributed by atoms with Crippen molar-refractivity contribution in [2.24, 2.45) is 5.10 Å². The SMILES string of the molecule is C1=[N+]N=C2CCCc3ccccc3C2=C1. The molecule has 0 amide bonds. The molecule has 0 saturated heterocycles.